The minimum Gasteiger partial charge on any atom is -0.394 e. The normalized spacial score (nSPS) is 17.7. The molecule has 0 unspecified atom stereocenters. The Morgan fingerprint density at radius 1 is 1.50 bits per heavy atom. The molecule has 0 saturated heterocycles. The number of aryl methyl sites for hydroxylation is 1. The van der Waals surface area contributed by atoms with Crippen LogP contribution < -0.4 is 10.6 Å². The van der Waals surface area contributed by atoms with Crippen LogP contribution in [0.4, 0.5) is 4.79 Å². The summed E-state index contributed by atoms with van der Waals surface area (Å²) >= 11 is 0. The van der Waals surface area contributed by atoms with Gasteiger partial charge in [0.2, 0.25) is 5.89 Å². The van der Waals surface area contributed by atoms with E-state index in [0.29, 0.717) is 11.7 Å². The number of carbonyl (C=O) groups excluding carboxylic acids is 1. The summed E-state index contributed by atoms with van der Waals surface area (Å²) in [7, 11) is 0. The molecule has 0 atom stereocenters. The minimum atomic E-state index is -0.463. The van der Waals surface area contributed by atoms with Gasteiger partial charge in [0, 0.05) is 0 Å². The number of amides is 2. The van der Waals surface area contributed by atoms with Crippen molar-refractivity contribution in [1.29, 1.82) is 0 Å². The Bertz CT molecular complexity index is 412. The van der Waals surface area contributed by atoms with Crippen LogP contribution in [0.15, 0.2) is 4.52 Å². The SMILES string of the molecule is Cc1noc(CNC(=O)NC2(CO)CCCC2)n1. The lowest BCUT2D eigenvalue weighted by Gasteiger charge is -2.27. The monoisotopic (exact) mass is 254 g/mol. The van der Waals surface area contributed by atoms with E-state index in [9.17, 15) is 9.90 Å². The van der Waals surface area contributed by atoms with Gasteiger partial charge in [-0.2, -0.15) is 4.98 Å². The summed E-state index contributed by atoms with van der Waals surface area (Å²) in [6, 6.07) is -0.318. The van der Waals surface area contributed by atoms with Crippen LogP contribution in [0.1, 0.15) is 37.4 Å². The van der Waals surface area contributed by atoms with Crippen molar-refractivity contribution in [2.24, 2.45) is 0 Å². The Morgan fingerprint density at radius 2 is 2.22 bits per heavy atom. The number of aromatic nitrogens is 2. The van der Waals surface area contributed by atoms with Crippen LogP contribution in [0.2, 0.25) is 0 Å². The Labute approximate surface area is 105 Å². The maximum Gasteiger partial charge on any atom is 0.315 e. The molecule has 100 valence electrons. The van der Waals surface area contributed by atoms with Crippen LogP contribution in [0.3, 0.4) is 0 Å². The van der Waals surface area contributed by atoms with Crippen molar-refractivity contribution in [2.75, 3.05) is 6.61 Å². The molecule has 1 aliphatic rings. The van der Waals surface area contributed by atoms with Crippen LogP contribution in [0, 0.1) is 6.92 Å². The van der Waals surface area contributed by atoms with Crippen molar-refractivity contribution in [3.05, 3.63) is 11.7 Å². The number of hydrogen-bond acceptors (Lipinski definition) is 5. The lowest BCUT2D eigenvalue weighted by Crippen LogP contribution is -2.52. The molecule has 0 spiro atoms. The minimum absolute atomic E-state index is 0.0277. The number of carbonyl (C=O) groups is 1. The first-order valence-electron chi connectivity index (χ1n) is 6.10. The van der Waals surface area contributed by atoms with Gasteiger partial charge in [0.15, 0.2) is 5.82 Å². The zero-order chi connectivity index (χ0) is 13.0. The predicted octanol–water partition coefficient (Wildman–Crippen LogP) is 0.482. The zero-order valence-corrected chi connectivity index (χ0v) is 10.4. The Kier molecular flexibility index (Phi) is 3.81. The molecule has 0 aliphatic heterocycles. The highest BCUT2D eigenvalue weighted by molar-refractivity contribution is 5.74. The highest BCUT2D eigenvalue weighted by Crippen LogP contribution is 2.28. The fraction of sp³-hybridized carbons (Fsp3) is 0.727. The Hall–Kier alpha value is -1.63. The first-order chi connectivity index (χ1) is 8.63. The average Bonchev–Trinajstić information content (AvgIpc) is 2.97. The van der Waals surface area contributed by atoms with Gasteiger partial charge in [0.25, 0.3) is 0 Å². The van der Waals surface area contributed by atoms with Gasteiger partial charge in [-0.3, -0.25) is 0 Å². The summed E-state index contributed by atoms with van der Waals surface area (Å²) in [5, 5.41) is 18.5. The molecule has 1 aromatic rings. The highest BCUT2D eigenvalue weighted by atomic mass is 16.5. The summed E-state index contributed by atoms with van der Waals surface area (Å²) in [5.74, 6) is 0.905. The van der Waals surface area contributed by atoms with E-state index in [1.807, 2.05) is 0 Å². The van der Waals surface area contributed by atoms with Gasteiger partial charge in [0.1, 0.15) is 0 Å². The van der Waals surface area contributed by atoms with Crippen molar-refractivity contribution in [3.8, 4) is 0 Å². The summed E-state index contributed by atoms with van der Waals surface area (Å²) in [6.45, 7) is 1.88. The number of aliphatic hydroxyl groups excluding tert-OH is 1. The van der Waals surface area contributed by atoms with Crippen LogP contribution >= 0.6 is 0 Å². The number of hydrogen-bond donors (Lipinski definition) is 3. The second kappa shape index (κ2) is 5.34. The predicted molar refractivity (Wildman–Crippen MR) is 62.7 cm³/mol. The smallest absolute Gasteiger partial charge is 0.315 e. The van der Waals surface area contributed by atoms with Crippen LogP contribution in [-0.4, -0.2) is 33.4 Å². The van der Waals surface area contributed by atoms with E-state index >= 15 is 0 Å². The molecule has 7 heteroatoms. The third-order valence-electron chi connectivity index (χ3n) is 3.21. The Balaban J connectivity index is 1.81. The van der Waals surface area contributed by atoms with Gasteiger partial charge in [-0.25, -0.2) is 4.79 Å². The van der Waals surface area contributed by atoms with Gasteiger partial charge >= 0.3 is 6.03 Å². The molecule has 1 fully saturated rings. The third-order valence-corrected chi connectivity index (χ3v) is 3.21. The molecular weight excluding hydrogens is 236 g/mol. The van der Waals surface area contributed by atoms with E-state index < -0.39 is 5.54 Å². The van der Waals surface area contributed by atoms with Crippen LogP contribution in [0.25, 0.3) is 0 Å². The second-order valence-corrected chi connectivity index (χ2v) is 4.69. The van der Waals surface area contributed by atoms with Gasteiger partial charge in [-0.15, -0.1) is 0 Å². The number of nitrogens with one attached hydrogen (secondary N) is 2. The van der Waals surface area contributed by atoms with Gasteiger partial charge in [0.05, 0.1) is 18.7 Å². The topological polar surface area (TPSA) is 100 Å². The summed E-state index contributed by atoms with van der Waals surface area (Å²) < 4.78 is 4.88. The molecule has 1 heterocycles. The quantitative estimate of drug-likeness (QED) is 0.725. The molecule has 1 aliphatic carbocycles. The molecule has 1 saturated carbocycles. The van der Waals surface area contributed by atoms with E-state index in [0.717, 1.165) is 25.7 Å². The fourth-order valence-electron chi connectivity index (χ4n) is 2.23. The maximum atomic E-state index is 11.7. The molecule has 1 aromatic heterocycles. The molecular formula is C11H18N4O3. The molecule has 18 heavy (non-hydrogen) atoms. The van der Waals surface area contributed by atoms with E-state index in [1.54, 1.807) is 6.92 Å². The van der Waals surface area contributed by atoms with Crippen molar-refractivity contribution in [1.82, 2.24) is 20.8 Å². The molecule has 2 amide bonds. The molecule has 0 aromatic carbocycles. The van der Waals surface area contributed by atoms with E-state index in [2.05, 4.69) is 20.8 Å². The van der Waals surface area contributed by atoms with Crippen LogP contribution in [0.5, 0.6) is 0 Å². The van der Waals surface area contributed by atoms with Gasteiger partial charge in [-0.1, -0.05) is 18.0 Å². The zero-order valence-electron chi connectivity index (χ0n) is 10.4. The number of rotatable bonds is 4. The van der Waals surface area contributed by atoms with Crippen molar-refractivity contribution < 1.29 is 14.4 Å². The molecule has 0 bridgehead atoms. The first kappa shape index (κ1) is 12.8. The van der Waals surface area contributed by atoms with Crippen molar-refractivity contribution in [2.45, 2.75) is 44.7 Å². The molecule has 7 nitrogen and oxygen atoms in total. The molecule has 3 N–H and O–H groups in total. The summed E-state index contributed by atoms with van der Waals surface area (Å²) in [6.07, 6.45) is 3.69. The lowest BCUT2D eigenvalue weighted by atomic mass is 9.99. The van der Waals surface area contributed by atoms with Crippen LogP contribution in [-0.2, 0) is 6.54 Å². The standard InChI is InChI=1S/C11H18N4O3/c1-8-13-9(18-15-8)6-12-10(17)14-11(7-16)4-2-3-5-11/h16H,2-7H2,1H3,(H2,12,14,17). The summed E-state index contributed by atoms with van der Waals surface area (Å²) in [5.41, 5.74) is -0.463. The number of aliphatic hydroxyl groups is 1. The van der Waals surface area contributed by atoms with E-state index in [4.69, 9.17) is 4.52 Å². The Morgan fingerprint density at radius 3 is 2.78 bits per heavy atom. The van der Waals surface area contributed by atoms with E-state index in [-0.39, 0.29) is 19.2 Å². The fourth-order valence-corrected chi connectivity index (χ4v) is 2.23. The largest absolute Gasteiger partial charge is 0.394 e. The third kappa shape index (κ3) is 2.98. The van der Waals surface area contributed by atoms with Crippen molar-refractivity contribution >= 4 is 6.03 Å². The second-order valence-electron chi connectivity index (χ2n) is 4.69. The first-order valence-corrected chi connectivity index (χ1v) is 6.10. The highest BCUT2D eigenvalue weighted by Gasteiger charge is 2.34. The number of nitrogens with zero attached hydrogens (tertiary/aromatic N) is 2. The average molecular weight is 254 g/mol. The number of urea groups is 1. The lowest BCUT2D eigenvalue weighted by molar-refractivity contribution is 0.162. The van der Waals surface area contributed by atoms with E-state index in [1.165, 1.54) is 0 Å². The molecule has 2 rings (SSSR count). The summed E-state index contributed by atoms with van der Waals surface area (Å²) in [4.78, 5) is 15.7. The van der Waals surface area contributed by atoms with Gasteiger partial charge in [-0.05, 0) is 19.8 Å². The maximum absolute atomic E-state index is 11.7. The van der Waals surface area contributed by atoms with Gasteiger partial charge < -0.3 is 20.3 Å². The van der Waals surface area contributed by atoms with Crippen molar-refractivity contribution in [3.63, 3.8) is 0 Å². The molecule has 0 radical (unpaired) electrons.